The van der Waals surface area contributed by atoms with E-state index < -0.39 is 6.17 Å². The number of aryl methyl sites for hydroxylation is 2. The Balaban J connectivity index is 1.18. The van der Waals surface area contributed by atoms with Gasteiger partial charge in [-0.25, -0.2) is 4.39 Å². The number of nitrogens with zero attached hydrogens (tertiary/aromatic N) is 9. The summed E-state index contributed by atoms with van der Waals surface area (Å²) in [4.78, 5) is 22.0. The second-order valence-electron chi connectivity index (χ2n) is 12.1. The zero-order valence-electron chi connectivity index (χ0n) is 23.7. The molecule has 1 spiro atoms. The topological polar surface area (TPSA) is 125 Å². The zero-order valence-corrected chi connectivity index (χ0v) is 24.5. The van der Waals surface area contributed by atoms with E-state index in [4.69, 9.17) is 25.4 Å². The number of alkyl halides is 1. The van der Waals surface area contributed by atoms with Gasteiger partial charge in [-0.15, -0.1) is 11.3 Å². The van der Waals surface area contributed by atoms with Gasteiger partial charge in [-0.05, 0) is 50.8 Å². The highest BCUT2D eigenvalue weighted by molar-refractivity contribution is 7.16. The van der Waals surface area contributed by atoms with Crippen molar-refractivity contribution in [2.45, 2.75) is 62.2 Å². The van der Waals surface area contributed by atoms with Crippen LogP contribution in [-0.4, -0.2) is 81.2 Å². The van der Waals surface area contributed by atoms with Crippen molar-refractivity contribution in [3.63, 3.8) is 0 Å². The number of hydrogen-bond acceptors (Lipinski definition) is 11. The average Bonchev–Trinajstić information content (AvgIpc) is 3.72. The minimum atomic E-state index is -0.827. The lowest BCUT2D eigenvalue weighted by atomic mass is 9.74. The lowest BCUT2D eigenvalue weighted by Crippen LogP contribution is -2.59. The highest BCUT2D eigenvalue weighted by Crippen LogP contribution is 2.52. The van der Waals surface area contributed by atoms with Crippen LogP contribution in [0.5, 0.6) is 6.01 Å². The number of thiophene rings is 1. The lowest BCUT2D eigenvalue weighted by Gasteiger charge is -2.48. The quantitative estimate of drug-likeness (QED) is 0.447. The molecule has 216 valence electrons. The van der Waals surface area contributed by atoms with E-state index in [1.165, 1.54) is 4.88 Å². The standard InChI is InChI=1S/C28H35FN10OS/c1-17(20-6-9-32-37(20)3)36(2)24-33-25(35-26(34-24)40-16-28-7-4-10-39(28)13-18(29)11-28)38-14-27(15-38)8-5-21-22(27)19(12-30)23(31)41-21/h6,9,17-18H,4-5,7-8,10-11,13-16,31H2,1-3H3/t17?,18-,28+/m1/s1. The molecule has 1 unspecified atom stereocenters. The Morgan fingerprint density at radius 3 is 2.90 bits per heavy atom. The van der Waals surface area contributed by atoms with E-state index in [0.29, 0.717) is 55.1 Å². The molecule has 3 aromatic heterocycles. The highest BCUT2D eigenvalue weighted by atomic mass is 32.1. The molecule has 0 bridgehead atoms. The molecule has 11 nitrogen and oxygen atoms in total. The first-order valence-corrected chi connectivity index (χ1v) is 15.1. The van der Waals surface area contributed by atoms with Crippen molar-refractivity contribution in [1.29, 1.82) is 5.26 Å². The molecule has 13 heteroatoms. The molecule has 0 amide bonds. The molecule has 3 fully saturated rings. The van der Waals surface area contributed by atoms with Crippen LogP contribution in [0.1, 0.15) is 60.3 Å². The smallest absolute Gasteiger partial charge is 0.323 e. The van der Waals surface area contributed by atoms with Crippen LogP contribution in [0.15, 0.2) is 12.3 Å². The number of fused-ring (bicyclic) bond motifs is 3. The number of nitrogens with two attached hydrogens (primary N) is 1. The molecular formula is C28H35FN10OS. The van der Waals surface area contributed by atoms with E-state index in [1.54, 1.807) is 17.5 Å². The summed E-state index contributed by atoms with van der Waals surface area (Å²) in [6.07, 6.45) is 5.32. The third-order valence-electron chi connectivity index (χ3n) is 9.76. The van der Waals surface area contributed by atoms with Gasteiger partial charge < -0.3 is 20.3 Å². The zero-order chi connectivity index (χ0) is 28.5. The van der Waals surface area contributed by atoms with Crippen LogP contribution in [0.2, 0.25) is 0 Å². The Hall–Kier alpha value is -3.50. The maximum Gasteiger partial charge on any atom is 0.323 e. The van der Waals surface area contributed by atoms with Crippen molar-refractivity contribution >= 4 is 28.2 Å². The van der Waals surface area contributed by atoms with Gasteiger partial charge in [-0.3, -0.25) is 9.58 Å². The van der Waals surface area contributed by atoms with Crippen molar-refractivity contribution in [2.24, 2.45) is 7.05 Å². The molecule has 0 aromatic carbocycles. The molecule has 6 heterocycles. The van der Waals surface area contributed by atoms with Crippen LogP contribution in [0, 0.1) is 11.3 Å². The maximum absolute atomic E-state index is 14.4. The van der Waals surface area contributed by atoms with E-state index >= 15 is 0 Å². The van der Waals surface area contributed by atoms with Gasteiger partial charge in [0.1, 0.15) is 23.8 Å². The second kappa shape index (κ2) is 9.52. The molecule has 3 atom stereocenters. The van der Waals surface area contributed by atoms with Crippen molar-refractivity contribution in [2.75, 3.05) is 55.4 Å². The molecule has 4 aliphatic rings. The number of hydrogen-bond donors (Lipinski definition) is 1. The molecule has 2 N–H and O–H groups in total. The summed E-state index contributed by atoms with van der Waals surface area (Å²) < 4.78 is 22.5. The Morgan fingerprint density at radius 1 is 1.32 bits per heavy atom. The molecule has 7 rings (SSSR count). The molecule has 3 aromatic rings. The monoisotopic (exact) mass is 578 g/mol. The van der Waals surface area contributed by atoms with E-state index in [1.807, 2.05) is 29.7 Å². The highest BCUT2D eigenvalue weighted by Gasteiger charge is 2.52. The Bertz CT molecular complexity index is 1530. The van der Waals surface area contributed by atoms with Crippen LogP contribution in [0.25, 0.3) is 0 Å². The Labute approximate surface area is 242 Å². The maximum atomic E-state index is 14.4. The third-order valence-corrected chi connectivity index (χ3v) is 10.8. The second-order valence-corrected chi connectivity index (χ2v) is 13.3. The average molecular weight is 579 g/mol. The fourth-order valence-electron chi connectivity index (χ4n) is 7.48. The first kappa shape index (κ1) is 26.4. The summed E-state index contributed by atoms with van der Waals surface area (Å²) >= 11 is 1.55. The fourth-order valence-corrected chi connectivity index (χ4v) is 8.62. The predicted octanol–water partition coefficient (Wildman–Crippen LogP) is 2.98. The SMILES string of the molecule is CC(c1ccnn1C)N(C)c1nc(OC[C@@]23CCCN2C[C@H](F)C3)nc(N2CC3(CCc4sc(N)c(C#N)c43)C2)n1. The van der Waals surface area contributed by atoms with Crippen molar-refractivity contribution < 1.29 is 9.13 Å². The van der Waals surface area contributed by atoms with Crippen LogP contribution in [0.3, 0.4) is 0 Å². The van der Waals surface area contributed by atoms with Gasteiger partial charge in [0, 0.05) is 56.6 Å². The fraction of sp³-hybridized carbons (Fsp3) is 0.607. The minimum Gasteiger partial charge on any atom is -0.461 e. The number of ether oxygens (including phenoxy) is 1. The first-order chi connectivity index (χ1) is 19.7. The third kappa shape index (κ3) is 4.14. The molecule has 3 aliphatic heterocycles. The number of anilines is 3. The minimum absolute atomic E-state index is 0.0521. The van der Waals surface area contributed by atoms with Crippen LogP contribution in [0.4, 0.5) is 21.3 Å². The Morgan fingerprint density at radius 2 is 2.15 bits per heavy atom. The van der Waals surface area contributed by atoms with Crippen LogP contribution < -0.4 is 20.3 Å². The summed E-state index contributed by atoms with van der Waals surface area (Å²) in [5.74, 6) is 1.05. The van der Waals surface area contributed by atoms with Gasteiger partial charge in [0.05, 0.1) is 22.8 Å². The van der Waals surface area contributed by atoms with Crippen LogP contribution >= 0.6 is 11.3 Å². The van der Waals surface area contributed by atoms with Crippen LogP contribution in [-0.2, 0) is 18.9 Å². The molecule has 41 heavy (non-hydrogen) atoms. The van der Waals surface area contributed by atoms with Crippen molar-refractivity contribution in [3.8, 4) is 12.1 Å². The molecule has 1 aliphatic carbocycles. The summed E-state index contributed by atoms with van der Waals surface area (Å²) in [6.45, 7) is 5.21. The lowest BCUT2D eigenvalue weighted by molar-refractivity contribution is 0.107. The largest absolute Gasteiger partial charge is 0.461 e. The van der Waals surface area contributed by atoms with Gasteiger partial charge in [0.2, 0.25) is 11.9 Å². The summed E-state index contributed by atoms with van der Waals surface area (Å²) in [5.41, 5.74) is 8.55. The van der Waals surface area contributed by atoms with E-state index in [0.717, 1.165) is 43.5 Å². The molecule has 0 radical (unpaired) electrons. The summed E-state index contributed by atoms with van der Waals surface area (Å²) in [6, 6.07) is 4.53. The molecular weight excluding hydrogens is 543 g/mol. The first-order valence-electron chi connectivity index (χ1n) is 14.3. The van der Waals surface area contributed by atoms with Gasteiger partial charge in [0.25, 0.3) is 0 Å². The summed E-state index contributed by atoms with van der Waals surface area (Å²) in [5, 5.41) is 14.7. The van der Waals surface area contributed by atoms with Gasteiger partial charge in [-0.1, -0.05) is 0 Å². The summed E-state index contributed by atoms with van der Waals surface area (Å²) in [7, 11) is 3.87. The Kier molecular flexibility index (Phi) is 6.13. The predicted molar refractivity (Wildman–Crippen MR) is 154 cm³/mol. The van der Waals surface area contributed by atoms with E-state index in [9.17, 15) is 9.65 Å². The van der Waals surface area contributed by atoms with Gasteiger partial charge >= 0.3 is 6.01 Å². The number of nitriles is 1. The van der Waals surface area contributed by atoms with Gasteiger partial charge in [-0.2, -0.15) is 25.3 Å². The number of halogens is 1. The van der Waals surface area contributed by atoms with E-state index in [2.05, 4.69) is 27.9 Å². The number of rotatable bonds is 7. The van der Waals surface area contributed by atoms with Gasteiger partial charge in [0.15, 0.2) is 0 Å². The normalized spacial score (nSPS) is 25.1. The molecule has 0 saturated carbocycles. The number of aromatic nitrogens is 5. The van der Waals surface area contributed by atoms with Crippen molar-refractivity contribution in [3.05, 3.63) is 34.0 Å². The number of nitrogen functional groups attached to an aromatic ring is 1. The molecule has 3 saturated heterocycles. The van der Waals surface area contributed by atoms with E-state index in [-0.39, 0.29) is 23.0 Å². The van der Waals surface area contributed by atoms with Crippen molar-refractivity contribution in [1.82, 2.24) is 29.6 Å².